The topological polar surface area (TPSA) is 0 Å². The molecule has 0 aliphatic rings. The Balaban J connectivity index is 2.89. The molecule has 0 spiro atoms. The largest absolute Gasteiger partial charge is 0.0843 e. The second-order valence-electron chi connectivity index (χ2n) is 4.26. The van der Waals surface area contributed by atoms with Crippen LogP contribution >= 0.6 is 27.5 Å². The first-order valence-corrected chi connectivity index (χ1v) is 6.16. The number of alkyl halides is 1. The molecule has 2 heteroatoms. The third kappa shape index (κ3) is 2.74. The number of hydrogen-bond donors (Lipinski definition) is 0. The average Bonchev–Trinajstić information content (AvgIpc) is 2.18. The van der Waals surface area contributed by atoms with E-state index in [9.17, 15) is 0 Å². The van der Waals surface area contributed by atoms with E-state index in [1.807, 2.05) is 12.1 Å². The summed E-state index contributed by atoms with van der Waals surface area (Å²) in [5, 5.41) is 0.794. The van der Waals surface area contributed by atoms with Gasteiger partial charge in [0.1, 0.15) is 0 Å². The standard InChI is InChI=1S/C12H16BrCl/c1-4-12(2,3)11(13)9-5-7-10(14)8-6-9/h5-8,11H,4H2,1-3H3. The molecule has 0 aliphatic carbocycles. The second-order valence-corrected chi connectivity index (χ2v) is 5.61. The van der Waals surface area contributed by atoms with Crippen LogP contribution in [0.15, 0.2) is 24.3 Å². The van der Waals surface area contributed by atoms with Gasteiger partial charge < -0.3 is 0 Å². The lowest BCUT2D eigenvalue weighted by Gasteiger charge is -2.29. The minimum atomic E-state index is 0.272. The minimum Gasteiger partial charge on any atom is -0.0843 e. The molecule has 1 rings (SSSR count). The van der Waals surface area contributed by atoms with Gasteiger partial charge in [0.25, 0.3) is 0 Å². The van der Waals surface area contributed by atoms with Crippen LogP contribution in [0.3, 0.4) is 0 Å². The fourth-order valence-corrected chi connectivity index (χ4v) is 2.02. The zero-order valence-corrected chi connectivity index (χ0v) is 11.2. The van der Waals surface area contributed by atoms with Crippen LogP contribution in [0.25, 0.3) is 0 Å². The van der Waals surface area contributed by atoms with Crippen molar-refractivity contribution in [2.45, 2.75) is 32.0 Å². The van der Waals surface area contributed by atoms with Gasteiger partial charge in [0, 0.05) is 9.85 Å². The Bertz CT molecular complexity index is 290. The maximum atomic E-state index is 5.85. The first-order valence-electron chi connectivity index (χ1n) is 4.87. The van der Waals surface area contributed by atoms with Crippen LogP contribution in [0, 0.1) is 5.41 Å². The number of rotatable bonds is 3. The molecule has 0 nitrogen and oxygen atoms in total. The van der Waals surface area contributed by atoms with Crippen molar-refractivity contribution in [1.82, 2.24) is 0 Å². The molecule has 1 aromatic carbocycles. The van der Waals surface area contributed by atoms with Gasteiger partial charge in [-0.3, -0.25) is 0 Å². The molecule has 0 fully saturated rings. The quantitative estimate of drug-likeness (QED) is 0.664. The van der Waals surface area contributed by atoms with Crippen LogP contribution in [0.2, 0.25) is 5.02 Å². The lowest BCUT2D eigenvalue weighted by atomic mass is 9.83. The average molecular weight is 276 g/mol. The van der Waals surface area contributed by atoms with E-state index in [0.29, 0.717) is 4.83 Å². The predicted molar refractivity (Wildman–Crippen MR) is 67.2 cm³/mol. The summed E-state index contributed by atoms with van der Waals surface area (Å²) in [4.78, 5) is 0.386. The van der Waals surface area contributed by atoms with Crippen LogP contribution in [0.5, 0.6) is 0 Å². The highest BCUT2D eigenvalue weighted by molar-refractivity contribution is 9.09. The molecular formula is C12H16BrCl. The molecule has 0 radical (unpaired) electrons. The van der Waals surface area contributed by atoms with Gasteiger partial charge in [0.15, 0.2) is 0 Å². The predicted octanol–water partition coefficient (Wildman–Crippen LogP) is 5.21. The summed E-state index contributed by atoms with van der Waals surface area (Å²) in [6, 6.07) is 8.05. The minimum absolute atomic E-state index is 0.272. The van der Waals surface area contributed by atoms with Gasteiger partial charge in [0.05, 0.1) is 0 Å². The zero-order valence-electron chi connectivity index (χ0n) is 8.85. The van der Waals surface area contributed by atoms with Gasteiger partial charge in [-0.05, 0) is 29.5 Å². The van der Waals surface area contributed by atoms with E-state index in [2.05, 4.69) is 48.8 Å². The van der Waals surface area contributed by atoms with Crippen molar-refractivity contribution in [3.8, 4) is 0 Å². The second kappa shape index (κ2) is 4.67. The highest BCUT2D eigenvalue weighted by Crippen LogP contribution is 2.42. The summed E-state index contributed by atoms with van der Waals surface area (Å²) in [7, 11) is 0. The molecule has 0 saturated heterocycles. The molecule has 0 heterocycles. The lowest BCUT2D eigenvalue weighted by Crippen LogP contribution is -2.16. The summed E-state index contributed by atoms with van der Waals surface area (Å²) in [5.74, 6) is 0. The van der Waals surface area contributed by atoms with Crippen molar-refractivity contribution in [3.05, 3.63) is 34.9 Å². The Kier molecular flexibility index (Phi) is 4.03. The van der Waals surface area contributed by atoms with Gasteiger partial charge in [0.2, 0.25) is 0 Å². The normalized spacial score (nSPS) is 14.1. The van der Waals surface area contributed by atoms with Crippen LogP contribution in [-0.2, 0) is 0 Å². The summed E-state index contributed by atoms with van der Waals surface area (Å²) in [6.45, 7) is 6.74. The molecule has 0 bridgehead atoms. The molecule has 14 heavy (non-hydrogen) atoms. The first-order chi connectivity index (χ1) is 6.47. The third-order valence-electron chi connectivity index (χ3n) is 2.76. The van der Waals surface area contributed by atoms with Gasteiger partial charge in [-0.1, -0.05) is 60.4 Å². The highest BCUT2D eigenvalue weighted by atomic mass is 79.9. The first kappa shape index (κ1) is 12.1. The third-order valence-corrected chi connectivity index (χ3v) is 4.78. The summed E-state index contributed by atoms with van der Waals surface area (Å²) >= 11 is 9.60. The number of hydrogen-bond acceptors (Lipinski definition) is 0. The van der Waals surface area contributed by atoms with E-state index in [1.165, 1.54) is 5.56 Å². The zero-order chi connectivity index (χ0) is 10.8. The summed E-state index contributed by atoms with van der Waals surface area (Å²) in [6.07, 6.45) is 1.14. The Hall–Kier alpha value is -0.0100. The molecule has 1 atom stereocenters. The SMILES string of the molecule is CCC(C)(C)C(Br)c1ccc(Cl)cc1. The molecule has 0 aliphatic heterocycles. The molecule has 1 unspecified atom stereocenters. The molecule has 0 amide bonds. The van der Waals surface area contributed by atoms with E-state index >= 15 is 0 Å². The Morgan fingerprint density at radius 3 is 2.21 bits per heavy atom. The van der Waals surface area contributed by atoms with Gasteiger partial charge in [-0.2, -0.15) is 0 Å². The lowest BCUT2D eigenvalue weighted by molar-refractivity contribution is 0.346. The van der Waals surface area contributed by atoms with Gasteiger partial charge in [-0.15, -0.1) is 0 Å². The molecule has 1 aromatic rings. The van der Waals surface area contributed by atoms with Gasteiger partial charge >= 0.3 is 0 Å². The van der Waals surface area contributed by atoms with Crippen LogP contribution in [-0.4, -0.2) is 0 Å². The van der Waals surface area contributed by atoms with Crippen molar-refractivity contribution in [2.75, 3.05) is 0 Å². The summed E-state index contributed by atoms with van der Waals surface area (Å²) in [5.41, 5.74) is 1.56. The number of halogens is 2. The fourth-order valence-electron chi connectivity index (χ4n) is 1.26. The number of benzene rings is 1. The molecule has 0 N–H and O–H groups in total. The van der Waals surface area contributed by atoms with E-state index < -0.39 is 0 Å². The van der Waals surface area contributed by atoms with Crippen molar-refractivity contribution in [2.24, 2.45) is 5.41 Å². The Morgan fingerprint density at radius 2 is 1.79 bits per heavy atom. The summed E-state index contributed by atoms with van der Waals surface area (Å²) < 4.78 is 0. The van der Waals surface area contributed by atoms with Crippen molar-refractivity contribution >= 4 is 27.5 Å². The van der Waals surface area contributed by atoms with Crippen molar-refractivity contribution in [3.63, 3.8) is 0 Å². The molecule has 0 saturated carbocycles. The van der Waals surface area contributed by atoms with Crippen LogP contribution in [0.4, 0.5) is 0 Å². The Morgan fingerprint density at radius 1 is 1.29 bits per heavy atom. The van der Waals surface area contributed by atoms with E-state index in [0.717, 1.165) is 11.4 Å². The smallest absolute Gasteiger partial charge is 0.0446 e. The van der Waals surface area contributed by atoms with E-state index in [-0.39, 0.29) is 5.41 Å². The molecular weight excluding hydrogens is 259 g/mol. The van der Waals surface area contributed by atoms with E-state index in [4.69, 9.17) is 11.6 Å². The monoisotopic (exact) mass is 274 g/mol. The van der Waals surface area contributed by atoms with Crippen LogP contribution < -0.4 is 0 Å². The van der Waals surface area contributed by atoms with Gasteiger partial charge in [-0.25, -0.2) is 0 Å². The maximum Gasteiger partial charge on any atom is 0.0446 e. The Labute approximate surface area is 99.8 Å². The maximum absolute atomic E-state index is 5.85. The molecule has 78 valence electrons. The van der Waals surface area contributed by atoms with Crippen molar-refractivity contribution in [1.29, 1.82) is 0 Å². The van der Waals surface area contributed by atoms with Crippen molar-refractivity contribution < 1.29 is 0 Å². The highest BCUT2D eigenvalue weighted by Gasteiger charge is 2.26. The fraction of sp³-hybridized carbons (Fsp3) is 0.500. The van der Waals surface area contributed by atoms with E-state index in [1.54, 1.807) is 0 Å². The molecule has 0 aromatic heterocycles. The van der Waals surface area contributed by atoms with Crippen LogP contribution in [0.1, 0.15) is 37.6 Å².